The number of hydrogen-bond donors (Lipinski definition) is 2. The highest BCUT2D eigenvalue weighted by molar-refractivity contribution is 7.23. The van der Waals surface area contributed by atoms with Crippen LogP contribution in [-0.4, -0.2) is 48.8 Å². The lowest BCUT2D eigenvalue weighted by molar-refractivity contribution is 0.0798. The van der Waals surface area contributed by atoms with E-state index >= 15 is 0 Å². The topological polar surface area (TPSA) is 77.4 Å². The molecule has 2 aromatic heterocycles. The lowest BCUT2D eigenvalue weighted by atomic mass is 10.3. The summed E-state index contributed by atoms with van der Waals surface area (Å²) in [5, 5.41) is 19.6. The minimum absolute atomic E-state index is 0.193. The van der Waals surface area contributed by atoms with Gasteiger partial charge in [-0.05, 0) is 13.8 Å². The van der Waals surface area contributed by atoms with E-state index in [1.54, 1.807) is 22.7 Å². The van der Waals surface area contributed by atoms with Gasteiger partial charge in [-0.25, -0.2) is 0 Å². The van der Waals surface area contributed by atoms with Crippen LogP contribution in [0.15, 0.2) is 0 Å². The predicted molar refractivity (Wildman–Crippen MR) is 91.1 cm³/mol. The lowest BCUT2D eigenvalue weighted by Crippen LogP contribution is -2.22. The number of aliphatic hydroxyl groups is 2. The van der Waals surface area contributed by atoms with E-state index in [0.717, 1.165) is 19.5 Å². The zero-order chi connectivity index (χ0) is 16.8. The highest BCUT2D eigenvalue weighted by Gasteiger charge is 2.31. The molecule has 0 aromatic carbocycles. The molecular formula is C16H18O6S2. The fourth-order valence-corrected chi connectivity index (χ4v) is 4.94. The molecule has 0 aliphatic carbocycles. The van der Waals surface area contributed by atoms with Gasteiger partial charge in [0.15, 0.2) is 23.0 Å². The molecule has 0 radical (unpaired) electrons. The van der Waals surface area contributed by atoms with Gasteiger partial charge < -0.3 is 29.2 Å². The standard InChI is InChI=1S/C16H18O6S2/c1-7-11-13(21-5-9(17)3-19-11)15(23-7)16-14-12(8(2)24-16)20-4-10(18)6-22-14/h9-10,17-18H,3-6H2,1-2H3. The second-order valence-corrected chi connectivity index (χ2v) is 8.29. The lowest BCUT2D eigenvalue weighted by Gasteiger charge is -2.08. The summed E-state index contributed by atoms with van der Waals surface area (Å²) < 4.78 is 23.1. The van der Waals surface area contributed by atoms with Gasteiger partial charge in [-0.1, -0.05) is 0 Å². The van der Waals surface area contributed by atoms with Crippen LogP contribution in [0.25, 0.3) is 9.75 Å². The van der Waals surface area contributed by atoms with Crippen molar-refractivity contribution in [3.8, 4) is 32.8 Å². The Labute approximate surface area is 147 Å². The third-order valence-electron chi connectivity index (χ3n) is 3.86. The first-order valence-corrected chi connectivity index (χ1v) is 9.32. The molecule has 130 valence electrons. The molecule has 0 spiro atoms. The first-order chi connectivity index (χ1) is 11.5. The molecule has 8 heteroatoms. The molecule has 0 bridgehead atoms. The summed E-state index contributed by atoms with van der Waals surface area (Å²) in [5.74, 6) is 2.65. The molecule has 4 heterocycles. The van der Waals surface area contributed by atoms with Crippen LogP contribution in [0.1, 0.15) is 9.75 Å². The number of aliphatic hydroxyl groups excluding tert-OH is 2. The second kappa shape index (κ2) is 6.11. The molecule has 24 heavy (non-hydrogen) atoms. The van der Waals surface area contributed by atoms with Crippen molar-refractivity contribution < 1.29 is 29.2 Å². The van der Waals surface area contributed by atoms with E-state index in [4.69, 9.17) is 18.9 Å². The van der Waals surface area contributed by atoms with Gasteiger partial charge >= 0.3 is 0 Å². The van der Waals surface area contributed by atoms with E-state index in [2.05, 4.69) is 0 Å². The quantitative estimate of drug-likeness (QED) is 0.802. The minimum Gasteiger partial charge on any atom is -0.486 e. The Bertz CT molecular complexity index is 701. The average Bonchev–Trinajstić information content (AvgIpc) is 2.83. The van der Waals surface area contributed by atoms with Crippen LogP contribution in [0, 0.1) is 13.8 Å². The molecular weight excluding hydrogens is 352 g/mol. The highest BCUT2D eigenvalue weighted by atomic mass is 32.1. The summed E-state index contributed by atoms with van der Waals surface area (Å²) in [6.45, 7) is 4.76. The van der Waals surface area contributed by atoms with Crippen molar-refractivity contribution in [2.75, 3.05) is 26.4 Å². The number of thiophene rings is 2. The van der Waals surface area contributed by atoms with Crippen LogP contribution in [0.5, 0.6) is 23.0 Å². The SMILES string of the molecule is Cc1sc(-c2sc(C)c3c2OCC(O)CO3)c2c1OCC(O)CO2. The van der Waals surface area contributed by atoms with Crippen molar-refractivity contribution in [3.05, 3.63) is 9.75 Å². The van der Waals surface area contributed by atoms with Gasteiger partial charge in [0.05, 0.1) is 9.75 Å². The molecule has 2 aliphatic rings. The summed E-state index contributed by atoms with van der Waals surface area (Å²) in [6.07, 6.45) is -1.29. The Morgan fingerprint density at radius 1 is 0.667 bits per heavy atom. The minimum atomic E-state index is -0.647. The summed E-state index contributed by atoms with van der Waals surface area (Å²) in [6, 6.07) is 0. The molecule has 0 fully saturated rings. The molecule has 0 amide bonds. The van der Waals surface area contributed by atoms with Gasteiger partial charge in [0.1, 0.15) is 38.6 Å². The van der Waals surface area contributed by atoms with Gasteiger partial charge in [0.25, 0.3) is 0 Å². The molecule has 4 rings (SSSR count). The Morgan fingerprint density at radius 3 is 1.38 bits per heavy atom. The number of hydrogen-bond acceptors (Lipinski definition) is 8. The van der Waals surface area contributed by atoms with E-state index in [1.165, 1.54) is 0 Å². The zero-order valence-electron chi connectivity index (χ0n) is 13.3. The number of fused-ring (bicyclic) bond motifs is 2. The highest BCUT2D eigenvalue weighted by Crippen LogP contribution is 2.56. The fourth-order valence-electron chi connectivity index (χ4n) is 2.73. The van der Waals surface area contributed by atoms with E-state index in [-0.39, 0.29) is 26.4 Å². The van der Waals surface area contributed by atoms with Gasteiger partial charge in [0, 0.05) is 9.75 Å². The maximum atomic E-state index is 9.78. The van der Waals surface area contributed by atoms with Crippen molar-refractivity contribution in [3.63, 3.8) is 0 Å². The van der Waals surface area contributed by atoms with E-state index in [1.807, 2.05) is 13.8 Å². The first-order valence-electron chi connectivity index (χ1n) is 7.69. The number of rotatable bonds is 1. The van der Waals surface area contributed by atoms with E-state index in [9.17, 15) is 10.2 Å². The van der Waals surface area contributed by atoms with Crippen LogP contribution in [0.3, 0.4) is 0 Å². The zero-order valence-corrected chi connectivity index (χ0v) is 15.0. The largest absolute Gasteiger partial charge is 0.486 e. The molecule has 2 unspecified atom stereocenters. The molecule has 2 aromatic rings. The van der Waals surface area contributed by atoms with Crippen molar-refractivity contribution >= 4 is 22.7 Å². The smallest absolute Gasteiger partial charge is 0.181 e. The van der Waals surface area contributed by atoms with Gasteiger partial charge in [-0.2, -0.15) is 0 Å². The molecule has 6 nitrogen and oxygen atoms in total. The summed E-state index contributed by atoms with van der Waals surface area (Å²) >= 11 is 3.14. The van der Waals surface area contributed by atoms with Gasteiger partial charge in [-0.3, -0.25) is 0 Å². The third-order valence-corrected chi connectivity index (χ3v) is 6.16. The number of aryl methyl sites for hydroxylation is 2. The van der Waals surface area contributed by atoms with E-state index < -0.39 is 12.2 Å². The van der Waals surface area contributed by atoms with Crippen LogP contribution in [-0.2, 0) is 0 Å². The van der Waals surface area contributed by atoms with Crippen molar-refractivity contribution in [1.82, 2.24) is 0 Å². The summed E-state index contributed by atoms with van der Waals surface area (Å²) in [4.78, 5) is 3.80. The van der Waals surface area contributed by atoms with Crippen molar-refractivity contribution in [2.24, 2.45) is 0 Å². The Kier molecular flexibility index (Phi) is 4.07. The number of ether oxygens (including phenoxy) is 4. The molecule has 0 saturated heterocycles. The fraction of sp³-hybridized carbons (Fsp3) is 0.500. The summed E-state index contributed by atoms with van der Waals surface area (Å²) in [5.41, 5.74) is 0. The Balaban J connectivity index is 1.81. The first kappa shape index (κ1) is 16.0. The Morgan fingerprint density at radius 2 is 1.00 bits per heavy atom. The predicted octanol–water partition coefficient (Wildman–Crippen LogP) is 2.36. The maximum Gasteiger partial charge on any atom is 0.181 e. The molecule has 2 aliphatic heterocycles. The monoisotopic (exact) mass is 370 g/mol. The van der Waals surface area contributed by atoms with Crippen LogP contribution in [0.2, 0.25) is 0 Å². The normalized spacial score (nSPS) is 22.8. The van der Waals surface area contributed by atoms with Gasteiger partial charge in [0.2, 0.25) is 0 Å². The van der Waals surface area contributed by atoms with E-state index in [0.29, 0.717) is 23.0 Å². The third kappa shape index (κ3) is 2.63. The molecule has 2 atom stereocenters. The molecule has 0 saturated carbocycles. The summed E-state index contributed by atoms with van der Waals surface area (Å²) in [7, 11) is 0. The van der Waals surface area contributed by atoms with Crippen molar-refractivity contribution in [1.29, 1.82) is 0 Å². The Hall–Kier alpha value is -1.48. The average molecular weight is 370 g/mol. The second-order valence-electron chi connectivity index (χ2n) is 5.84. The van der Waals surface area contributed by atoms with Crippen LogP contribution < -0.4 is 18.9 Å². The van der Waals surface area contributed by atoms with Crippen molar-refractivity contribution in [2.45, 2.75) is 26.1 Å². The molecule has 2 N–H and O–H groups in total. The van der Waals surface area contributed by atoms with Gasteiger partial charge in [-0.15, -0.1) is 22.7 Å². The van der Waals surface area contributed by atoms with Crippen LogP contribution >= 0.6 is 22.7 Å². The van der Waals surface area contributed by atoms with Crippen LogP contribution in [0.4, 0.5) is 0 Å². The maximum absolute atomic E-state index is 9.78.